The third-order valence-electron chi connectivity index (χ3n) is 5.63. The maximum Gasteiger partial charge on any atom is 0.348 e. The predicted molar refractivity (Wildman–Crippen MR) is 125 cm³/mol. The molecule has 1 aliphatic rings. The number of halogens is 1. The summed E-state index contributed by atoms with van der Waals surface area (Å²) in [6.45, 7) is 2.81. The van der Waals surface area contributed by atoms with E-state index >= 15 is 0 Å². The summed E-state index contributed by atoms with van der Waals surface area (Å²) in [5.41, 5.74) is 4.08. The molecule has 3 heterocycles. The predicted octanol–water partition coefficient (Wildman–Crippen LogP) is 4.79. The molecule has 6 nitrogen and oxygen atoms in total. The van der Waals surface area contributed by atoms with Gasteiger partial charge in [-0.15, -0.1) is 11.3 Å². The fourth-order valence-corrected chi connectivity index (χ4v) is 5.11. The van der Waals surface area contributed by atoms with Crippen LogP contribution in [0.15, 0.2) is 54.6 Å². The van der Waals surface area contributed by atoms with Gasteiger partial charge in [-0.25, -0.2) is 9.48 Å². The van der Waals surface area contributed by atoms with Gasteiger partial charge < -0.3 is 9.64 Å². The number of ether oxygens (including phenoxy) is 1. The minimum absolute atomic E-state index is 0.183. The van der Waals surface area contributed by atoms with Crippen molar-refractivity contribution in [2.24, 2.45) is 0 Å². The summed E-state index contributed by atoms with van der Waals surface area (Å²) in [5.74, 6) is -0.684. The van der Waals surface area contributed by atoms with Gasteiger partial charge in [0.05, 0.1) is 11.4 Å². The molecule has 0 N–H and O–H groups in total. The maximum absolute atomic E-state index is 12.7. The van der Waals surface area contributed by atoms with Crippen molar-refractivity contribution in [2.45, 2.75) is 19.9 Å². The van der Waals surface area contributed by atoms with Crippen LogP contribution >= 0.6 is 22.9 Å². The first kappa shape index (κ1) is 20.7. The van der Waals surface area contributed by atoms with Gasteiger partial charge in [0.25, 0.3) is 5.91 Å². The van der Waals surface area contributed by atoms with E-state index in [0.29, 0.717) is 23.0 Å². The molecule has 0 unspecified atom stereocenters. The smallest absolute Gasteiger partial charge is 0.348 e. The van der Waals surface area contributed by atoms with Gasteiger partial charge in [0, 0.05) is 23.5 Å². The van der Waals surface area contributed by atoms with Crippen molar-refractivity contribution >= 4 is 45.0 Å². The summed E-state index contributed by atoms with van der Waals surface area (Å²) >= 11 is 7.29. The number of esters is 1. The molecule has 0 atom stereocenters. The Balaban J connectivity index is 1.29. The second-order valence-corrected chi connectivity index (χ2v) is 9.18. The first-order valence-corrected chi connectivity index (χ1v) is 11.5. The summed E-state index contributed by atoms with van der Waals surface area (Å²) in [6.07, 6.45) is 0.812. The molecular weight excluding hydrogens is 446 g/mol. The van der Waals surface area contributed by atoms with Crippen LogP contribution in [0.1, 0.15) is 26.5 Å². The van der Waals surface area contributed by atoms with Crippen LogP contribution in [-0.4, -0.2) is 39.7 Å². The lowest BCUT2D eigenvalue weighted by molar-refractivity contribution is -0.135. The second-order valence-electron chi connectivity index (χ2n) is 7.71. The highest BCUT2D eigenvalue weighted by Gasteiger charge is 2.23. The van der Waals surface area contributed by atoms with Crippen LogP contribution in [0.5, 0.6) is 0 Å². The number of nitrogens with zero attached hydrogens (tertiary/aromatic N) is 3. The minimum Gasteiger partial charge on any atom is -0.451 e. The second kappa shape index (κ2) is 8.41. The number of aryl methyl sites for hydroxylation is 1. The third kappa shape index (κ3) is 3.89. The van der Waals surface area contributed by atoms with Crippen LogP contribution < -0.4 is 0 Å². The Hall–Kier alpha value is -3.16. The van der Waals surface area contributed by atoms with Gasteiger partial charge in [-0.05, 0) is 54.8 Å². The normalized spacial score (nSPS) is 13.2. The van der Waals surface area contributed by atoms with Crippen molar-refractivity contribution in [3.8, 4) is 5.69 Å². The van der Waals surface area contributed by atoms with Gasteiger partial charge in [0.1, 0.15) is 9.71 Å². The molecule has 1 aliphatic heterocycles. The summed E-state index contributed by atoms with van der Waals surface area (Å²) in [4.78, 5) is 28.3. The number of hydrogen-bond donors (Lipinski definition) is 0. The number of thiophene rings is 1. The number of rotatable bonds is 4. The number of fused-ring (bicyclic) bond motifs is 2. The first-order chi connectivity index (χ1) is 15.5. The molecule has 2 aromatic heterocycles. The lowest BCUT2D eigenvalue weighted by Crippen LogP contribution is -2.38. The van der Waals surface area contributed by atoms with Crippen LogP contribution in [0.25, 0.3) is 15.9 Å². The van der Waals surface area contributed by atoms with E-state index in [1.165, 1.54) is 16.9 Å². The van der Waals surface area contributed by atoms with Gasteiger partial charge in [-0.2, -0.15) is 5.10 Å². The first-order valence-electron chi connectivity index (χ1n) is 10.3. The molecule has 1 amide bonds. The van der Waals surface area contributed by atoms with Gasteiger partial charge >= 0.3 is 5.97 Å². The molecule has 0 saturated heterocycles. The lowest BCUT2D eigenvalue weighted by atomic mass is 10.00. The average Bonchev–Trinajstić information content (AvgIpc) is 3.38. The Bertz CT molecular complexity index is 1330. The Labute approximate surface area is 194 Å². The molecular formula is C24H20ClN3O3S. The van der Waals surface area contributed by atoms with E-state index < -0.39 is 5.97 Å². The van der Waals surface area contributed by atoms with Crippen LogP contribution in [0.4, 0.5) is 0 Å². The molecule has 4 aromatic rings. The molecule has 0 fully saturated rings. The fourth-order valence-electron chi connectivity index (χ4n) is 3.90. The quantitative estimate of drug-likeness (QED) is 0.406. The fraction of sp³-hybridized carbons (Fsp3) is 0.208. The SMILES string of the molecule is Cc1nn(-c2ccc(Cl)cc2)c2sc(C(=O)OCC(=O)N3CCc4ccccc4C3)cc12. The molecule has 0 aliphatic carbocycles. The number of carbonyl (C=O) groups is 2. The van der Waals surface area contributed by atoms with Crippen LogP contribution in [0, 0.1) is 6.92 Å². The van der Waals surface area contributed by atoms with Gasteiger partial charge in [0.15, 0.2) is 6.61 Å². The maximum atomic E-state index is 12.7. The zero-order chi connectivity index (χ0) is 22.2. The van der Waals surface area contributed by atoms with Crippen LogP contribution in [0.2, 0.25) is 5.02 Å². The third-order valence-corrected chi connectivity index (χ3v) is 6.97. The summed E-state index contributed by atoms with van der Waals surface area (Å²) in [5, 5.41) is 6.10. The van der Waals surface area contributed by atoms with E-state index in [2.05, 4.69) is 11.2 Å². The number of hydrogen-bond acceptors (Lipinski definition) is 5. The van der Waals surface area contributed by atoms with Crippen LogP contribution in [-0.2, 0) is 22.5 Å². The highest BCUT2D eigenvalue weighted by Crippen LogP contribution is 2.31. The number of carbonyl (C=O) groups excluding carboxylic acids is 2. The standard InChI is InChI=1S/C24H20ClN3O3S/c1-15-20-12-21(32-23(20)28(26-15)19-8-6-18(25)7-9-19)24(30)31-14-22(29)27-11-10-16-4-2-3-5-17(16)13-27/h2-9,12H,10-11,13-14H2,1H3. The van der Waals surface area contributed by atoms with E-state index in [9.17, 15) is 9.59 Å². The lowest BCUT2D eigenvalue weighted by Gasteiger charge is -2.28. The minimum atomic E-state index is -0.501. The number of aromatic nitrogens is 2. The van der Waals surface area contributed by atoms with Gasteiger partial charge in [0.2, 0.25) is 0 Å². The number of amides is 1. The van der Waals surface area contributed by atoms with Crippen molar-refractivity contribution in [1.82, 2.24) is 14.7 Å². The molecule has 0 spiro atoms. The van der Waals surface area contributed by atoms with E-state index in [0.717, 1.165) is 33.6 Å². The Morgan fingerprint density at radius 3 is 2.66 bits per heavy atom. The van der Waals surface area contributed by atoms with E-state index in [4.69, 9.17) is 16.3 Å². The van der Waals surface area contributed by atoms with Crippen molar-refractivity contribution in [1.29, 1.82) is 0 Å². The Morgan fingerprint density at radius 2 is 1.88 bits per heavy atom. The number of benzene rings is 2. The molecule has 5 rings (SSSR count). The Kier molecular flexibility index (Phi) is 5.45. The van der Waals surface area contributed by atoms with Crippen LogP contribution in [0.3, 0.4) is 0 Å². The zero-order valence-electron chi connectivity index (χ0n) is 17.4. The van der Waals surface area contributed by atoms with Gasteiger partial charge in [-0.3, -0.25) is 4.79 Å². The molecule has 0 saturated carbocycles. The Morgan fingerprint density at radius 1 is 1.12 bits per heavy atom. The molecule has 2 aromatic carbocycles. The molecule has 0 radical (unpaired) electrons. The zero-order valence-corrected chi connectivity index (χ0v) is 18.9. The highest BCUT2D eigenvalue weighted by atomic mass is 35.5. The highest BCUT2D eigenvalue weighted by molar-refractivity contribution is 7.20. The molecule has 0 bridgehead atoms. The molecule has 8 heteroatoms. The summed E-state index contributed by atoms with van der Waals surface area (Å²) in [6, 6.07) is 17.2. The van der Waals surface area contributed by atoms with E-state index in [-0.39, 0.29) is 12.5 Å². The van der Waals surface area contributed by atoms with E-state index in [1.54, 1.807) is 27.8 Å². The molecule has 32 heavy (non-hydrogen) atoms. The average molecular weight is 466 g/mol. The summed E-state index contributed by atoms with van der Waals surface area (Å²) < 4.78 is 7.15. The summed E-state index contributed by atoms with van der Waals surface area (Å²) in [7, 11) is 0. The largest absolute Gasteiger partial charge is 0.451 e. The van der Waals surface area contributed by atoms with Crippen molar-refractivity contribution in [2.75, 3.05) is 13.2 Å². The van der Waals surface area contributed by atoms with E-state index in [1.807, 2.05) is 37.3 Å². The molecule has 162 valence electrons. The van der Waals surface area contributed by atoms with Gasteiger partial charge in [-0.1, -0.05) is 35.9 Å². The van der Waals surface area contributed by atoms with Crippen molar-refractivity contribution in [3.63, 3.8) is 0 Å². The van der Waals surface area contributed by atoms with Crippen molar-refractivity contribution < 1.29 is 14.3 Å². The van der Waals surface area contributed by atoms with Crippen molar-refractivity contribution in [3.05, 3.63) is 81.3 Å². The topological polar surface area (TPSA) is 64.4 Å². The monoisotopic (exact) mass is 465 g/mol.